The van der Waals surface area contributed by atoms with Gasteiger partial charge in [-0.15, -0.1) is 0 Å². The van der Waals surface area contributed by atoms with E-state index >= 15 is 0 Å². The number of carbonyl (C=O) groups excluding carboxylic acids is 1. The predicted octanol–water partition coefficient (Wildman–Crippen LogP) is 3.19. The Balaban J connectivity index is 2.34. The minimum Gasteiger partial charge on any atom is -0.496 e. The lowest BCUT2D eigenvalue weighted by Gasteiger charge is -2.13. The van der Waals surface area contributed by atoms with Crippen molar-refractivity contribution in [3.63, 3.8) is 0 Å². The summed E-state index contributed by atoms with van der Waals surface area (Å²) in [5.41, 5.74) is 6.90. The topological polar surface area (TPSA) is 73.6 Å². The van der Waals surface area contributed by atoms with Crippen LogP contribution in [0.5, 0.6) is 11.5 Å². The quantitative estimate of drug-likeness (QED) is 0.851. The zero-order valence-electron chi connectivity index (χ0n) is 11.6. The average molecular weight is 307 g/mol. The van der Waals surface area contributed by atoms with Crippen LogP contribution in [0.1, 0.15) is 10.4 Å². The third kappa shape index (κ3) is 3.20. The van der Waals surface area contributed by atoms with Gasteiger partial charge >= 0.3 is 0 Å². The summed E-state index contributed by atoms with van der Waals surface area (Å²) in [7, 11) is 2.99. The zero-order chi connectivity index (χ0) is 15.4. The molecule has 0 unspecified atom stereocenters. The third-order valence-corrected chi connectivity index (χ3v) is 3.25. The molecule has 6 heteroatoms. The molecule has 0 atom stereocenters. The van der Waals surface area contributed by atoms with Gasteiger partial charge in [-0.3, -0.25) is 4.79 Å². The van der Waals surface area contributed by atoms with Crippen molar-refractivity contribution in [1.82, 2.24) is 0 Å². The van der Waals surface area contributed by atoms with Crippen molar-refractivity contribution in [3.8, 4) is 11.5 Å². The van der Waals surface area contributed by atoms with Gasteiger partial charge in [0, 0.05) is 6.07 Å². The Kier molecular flexibility index (Phi) is 4.55. The number of para-hydroxylation sites is 2. The predicted molar refractivity (Wildman–Crippen MR) is 83.4 cm³/mol. The van der Waals surface area contributed by atoms with E-state index in [1.54, 1.807) is 18.2 Å². The number of nitrogen functional groups attached to an aromatic ring is 1. The number of halogens is 1. The Bertz CT molecular complexity index is 674. The first-order chi connectivity index (χ1) is 10.1. The van der Waals surface area contributed by atoms with Crippen molar-refractivity contribution in [2.24, 2.45) is 0 Å². The number of amides is 1. The van der Waals surface area contributed by atoms with Gasteiger partial charge in [0.25, 0.3) is 5.91 Å². The minimum absolute atomic E-state index is 0.293. The number of benzene rings is 2. The third-order valence-electron chi connectivity index (χ3n) is 2.92. The molecule has 0 saturated carbocycles. The molecule has 5 nitrogen and oxygen atoms in total. The Hall–Kier alpha value is -2.40. The highest BCUT2D eigenvalue weighted by atomic mass is 35.5. The van der Waals surface area contributed by atoms with Gasteiger partial charge in [0.15, 0.2) is 0 Å². The lowest BCUT2D eigenvalue weighted by Crippen LogP contribution is -2.14. The fourth-order valence-corrected chi connectivity index (χ4v) is 2.02. The second-order valence-corrected chi connectivity index (χ2v) is 4.64. The Morgan fingerprint density at radius 3 is 2.48 bits per heavy atom. The molecule has 0 aliphatic carbocycles. The van der Waals surface area contributed by atoms with Crippen LogP contribution in [0, 0.1) is 0 Å². The first-order valence-corrected chi connectivity index (χ1v) is 6.52. The molecule has 21 heavy (non-hydrogen) atoms. The van der Waals surface area contributed by atoms with Crippen molar-refractivity contribution in [3.05, 3.63) is 47.0 Å². The van der Waals surface area contributed by atoms with Gasteiger partial charge in [-0.25, -0.2) is 0 Å². The Labute approximate surface area is 127 Å². The minimum atomic E-state index is -0.363. The van der Waals surface area contributed by atoms with Crippen LogP contribution in [0.25, 0.3) is 0 Å². The highest BCUT2D eigenvalue weighted by Gasteiger charge is 2.16. The van der Waals surface area contributed by atoms with Gasteiger partial charge in [-0.2, -0.15) is 0 Å². The molecular formula is C15H15ClN2O3. The molecule has 0 heterocycles. The second kappa shape index (κ2) is 6.37. The fourth-order valence-electron chi connectivity index (χ4n) is 1.85. The van der Waals surface area contributed by atoms with Crippen molar-refractivity contribution >= 4 is 28.9 Å². The van der Waals surface area contributed by atoms with Crippen LogP contribution in [-0.2, 0) is 0 Å². The Morgan fingerprint density at radius 1 is 1.14 bits per heavy atom. The lowest BCUT2D eigenvalue weighted by atomic mass is 10.1. The van der Waals surface area contributed by atoms with Crippen LogP contribution in [0.3, 0.4) is 0 Å². The van der Waals surface area contributed by atoms with Crippen LogP contribution in [0.15, 0.2) is 36.4 Å². The molecule has 2 aromatic carbocycles. The van der Waals surface area contributed by atoms with Gasteiger partial charge in [0.2, 0.25) is 0 Å². The monoisotopic (exact) mass is 306 g/mol. The largest absolute Gasteiger partial charge is 0.496 e. The number of nitrogens with two attached hydrogens (primary N) is 1. The summed E-state index contributed by atoms with van der Waals surface area (Å²) in [4.78, 5) is 12.4. The van der Waals surface area contributed by atoms with E-state index in [2.05, 4.69) is 5.32 Å². The standard InChI is InChI=1S/C15H15ClN2O3/c1-20-13-6-4-3-5-12(13)18-15(19)9-7-10(16)11(17)8-14(9)21-2/h3-8H,17H2,1-2H3,(H,18,19). The summed E-state index contributed by atoms with van der Waals surface area (Å²) in [6, 6.07) is 10.1. The van der Waals surface area contributed by atoms with Crippen LogP contribution < -0.4 is 20.5 Å². The van der Waals surface area contributed by atoms with Crippen LogP contribution in [0.2, 0.25) is 5.02 Å². The molecule has 3 N–H and O–H groups in total. The summed E-state index contributed by atoms with van der Waals surface area (Å²) in [6.45, 7) is 0. The molecule has 0 fully saturated rings. The van der Waals surface area contributed by atoms with Crippen molar-refractivity contribution < 1.29 is 14.3 Å². The maximum atomic E-state index is 12.4. The number of anilines is 2. The molecule has 2 rings (SSSR count). The zero-order valence-corrected chi connectivity index (χ0v) is 12.4. The van der Waals surface area contributed by atoms with Gasteiger partial charge in [0.1, 0.15) is 11.5 Å². The van der Waals surface area contributed by atoms with Crippen LogP contribution >= 0.6 is 11.6 Å². The average Bonchev–Trinajstić information content (AvgIpc) is 2.50. The van der Waals surface area contributed by atoms with Crippen molar-refractivity contribution in [2.75, 3.05) is 25.3 Å². The first kappa shape index (κ1) is 15.0. The smallest absolute Gasteiger partial charge is 0.259 e. The maximum Gasteiger partial charge on any atom is 0.259 e. The number of carbonyl (C=O) groups is 1. The fraction of sp³-hybridized carbons (Fsp3) is 0.133. The number of hydrogen-bond donors (Lipinski definition) is 2. The summed E-state index contributed by atoms with van der Waals surface area (Å²) < 4.78 is 10.4. The molecular weight excluding hydrogens is 292 g/mol. The molecule has 0 spiro atoms. The summed E-state index contributed by atoms with van der Waals surface area (Å²) in [5.74, 6) is 0.550. The summed E-state index contributed by atoms with van der Waals surface area (Å²) >= 11 is 5.96. The number of rotatable bonds is 4. The van der Waals surface area contributed by atoms with Gasteiger partial charge < -0.3 is 20.5 Å². The molecule has 0 aliphatic heterocycles. The van der Waals surface area contributed by atoms with Gasteiger partial charge in [-0.05, 0) is 18.2 Å². The molecule has 110 valence electrons. The number of ether oxygens (including phenoxy) is 2. The van der Waals surface area contributed by atoms with Crippen LogP contribution in [0.4, 0.5) is 11.4 Å². The van der Waals surface area contributed by atoms with Crippen molar-refractivity contribution in [1.29, 1.82) is 0 Å². The highest BCUT2D eigenvalue weighted by molar-refractivity contribution is 6.33. The van der Waals surface area contributed by atoms with E-state index in [-0.39, 0.29) is 5.91 Å². The van der Waals surface area contributed by atoms with E-state index in [9.17, 15) is 4.79 Å². The van der Waals surface area contributed by atoms with E-state index in [4.69, 9.17) is 26.8 Å². The van der Waals surface area contributed by atoms with Gasteiger partial charge in [0.05, 0.1) is 36.2 Å². The highest BCUT2D eigenvalue weighted by Crippen LogP contribution is 2.30. The van der Waals surface area contributed by atoms with E-state index in [0.717, 1.165) is 0 Å². The lowest BCUT2D eigenvalue weighted by molar-refractivity contribution is 0.102. The van der Waals surface area contributed by atoms with E-state index in [1.165, 1.54) is 26.4 Å². The number of hydrogen-bond acceptors (Lipinski definition) is 4. The molecule has 0 aliphatic rings. The maximum absolute atomic E-state index is 12.4. The van der Waals surface area contributed by atoms with E-state index in [0.29, 0.717) is 33.5 Å². The van der Waals surface area contributed by atoms with Gasteiger partial charge in [-0.1, -0.05) is 23.7 Å². The number of nitrogens with one attached hydrogen (secondary N) is 1. The molecule has 0 aromatic heterocycles. The molecule has 1 amide bonds. The van der Waals surface area contributed by atoms with E-state index in [1.807, 2.05) is 6.07 Å². The molecule has 0 bridgehead atoms. The normalized spacial score (nSPS) is 10.0. The first-order valence-electron chi connectivity index (χ1n) is 6.14. The second-order valence-electron chi connectivity index (χ2n) is 4.23. The number of methoxy groups -OCH3 is 2. The molecule has 0 saturated heterocycles. The van der Waals surface area contributed by atoms with Crippen molar-refractivity contribution in [2.45, 2.75) is 0 Å². The Morgan fingerprint density at radius 2 is 1.81 bits per heavy atom. The molecule has 0 radical (unpaired) electrons. The van der Waals surface area contributed by atoms with E-state index < -0.39 is 0 Å². The summed E-state index contributed by atoms with van der Waals surface area (Å²) in [6.07, 6.45) is 0. The SMILES string of the molecule is COc1ccccc1NC(=O)c1cc(Cl)c(N)cc1OC. The summed E-state index contributed by atoms with van der Waals surface area (Å²) in [5, 5.41) is 3.05. The van der Waals surface area contributed by atoms with Crippen LogP contribution in [-0.4, -0.2) is 20.1 Å². The molecule has 2 aromatic rings.